The lowest BCUT2D eigenvalue weighted by molar-refractivity contribution is -0.385. The van der Waals surface area contributed by atoms with Crippen LogP contribution in [0.25, 0.3) is 0 Å². The predicted molar refractivity (Wildman–Crippen MR) is 67.3 cm³/mol. The van der Waals surface area contributed by atoms with Crippen LogP contribution >= 0.6 is 23.2 Å². The lowest BCUT2D eigenvalue weighted by atomic mass is 10.3. The molecule has 98 valence electrons. The van der Waals surface area contributed by atoms with Gasteiger partial charge in [-0.05, 0) is 6.07 Å². The first-order chi connectivity index (χ1) is 8.32. The van der Waals surface area contributed by atoms with Crippen molar-refractivity contribution in [3.8, 4) is 5.75 Å². The average Bonchev–Trinajstić information content (AvgIpc) is 2.26. The number of amides is 1. The highest BCUT2D eigenvalue weighted by atomic mass is 35.5. The quantitative estimate of drug-likeness (QED) is 0.631. The van der Waals surface area contributed by atoms with Crippen molar-refractivity contribution in [3.05, 3.63) is 32.3 Å². The largest absolute Gasteiger partial charge is 0.476 e. The maximum Gasteiger partial charge on any atom is 0.314 e. The molecule has 0 aliphatic carbocycles. The van der Waals surface area contributed by atoms with Gasteiger partial charge in [0.25, 0.3) is 5.91 Å². The number of rotatable bonds is 4. The second-order valence-electron chi connectivity index (χ2n) is 3.57. The van der Waals surface area contributed by atoms with Crippen LogP contribution in [-0.4, -0.2) is 36.4 Å². The molecule has 0 aliphatic rings. The Morgan fingerprint density at radius 3 is 2.56 bits per heavy atom. The minimum absolute atomic E-state index is 0.0132. The van der Waals surface area contributed by atoms with Crippen LogP contribution in [0.1, 0.15) is 0 Å². The Kier molecular flexibility index (Phi) is 4.75. The summed E-state index contributed by atoms with van der Waals surface area (Å²) in [6.45, 7) is -0.338. The number of carbonyl (C=O) groups is 1. The maximum absolute atomic E-state index is 11.3. The third-order valence-corrected chi connectivity index (χ3v) is 2.52. The molecule has 0 bridgehead atoms. The average molecular weight is 293 g/mol. The highest BCUT2D eigenvalue weighted by Crippen LogP contribution is 2.37. The van der Waals surface area contributed by atoms with E-state index in [1.165, 1.54) is 11.0 Å². The number of nitrogens with zero attached hydrogens (tertiary/aromatic N) is 2. The number of hydrogen-bond acceptors (Lipinski definition) is 4. The van der Waals surface area contributed by atoms with Crippen molar-refractivity contribution in [2.45, 2.75) is 0 Å². The molecule has 0 saturated heterocycles. The fourth-order valence-electron chi connectivity index (χ4n) is 1.09. The van der Waals surface area contributed by atoms with E-state index in [1.54, 1.807) is 14.1 Å². The number of carbonyl (C=O) groups excluding carboxylic acids is 1. The molecule has 0 atom stereocenters. The van der Waals surface area contributed by atoms with Crippen LogP contribution in [0.15, 0.2) is 12.1 Å². The van der Waals surface area contributed by atoms with E-state index < -0.39 is 4.92 Å². The molecule has 1 aromatic carbocycles. The summed E-state index contributed by atoms with van der Waals surface area (Å²) in [5.41, 5.74) is -0.376. The van der Waals surface area contributed by atoms with Gasteiger partial charge in [-0.15, -0.1) is 0 Å². The zero-order valence-corrected chi connectivity index (χ0v) is 11.2. The first kappa shape index (κ1) is 14.5. The van der Waals surface area contributed by atoms with Gasteiger partial charge in [-0.2, -0.15) is 0 Å². The Balaban J connectivity index is 3.01. The maximum atomic E-state index is 11.3. The van der Waals surface area contributed by atoms with E-state index >= 15 is 0 Å². The van der Waals surface area contributed by atoms with Crippen molar-refractivity contribution in [1.82, 2.24) is 4.90 Å². The van der Waals surface area contributed by atoms with E-state index in [2.05, 4.69) is 0 Å². The van der Waals surface area contributed by atoms with E-state index in [0.29, 0.717) is 0 Å². The van der Waals surface area contributed by atoms with E-state index in [0.717, 1.165) is 6.07 Å². The van der Waals surface area contributed by atoms with Crippen LogP contribution in [0.3, 0.4) is 0 Å². The van der Waals surface area contributed by atoms with Gasteiger partial charge in [0.1, 0.15) is 0 Å². The van der Waals surface area contributed by atoms with Crippen LogP contribution in [-0.2, 0) is 4.79 Å². The number of ether oxygens (including phenoxy) is 1. The summed E-state index contributed by atoms with van der Waals surface area (Å²) in [7, 11) is 3.09. The molecular weight excluding hydrogens is 283 g/mol. The van der Waals surface area contributed by atoms with E-state index in [1.807, 2.05) is 0 Å². The molecular formula is C10H10Cl2N2O4. The molecule has 0 saturated carbocycles. The molecule has 0 unspecified atom stereocenters. The monoisotopic (exact) mass is 292 g/mol. The van der Waals surface area contributed by atoms with Crippen LogP contribution in [0, 0.1) is 10.1 Å². The summed E-state index contributed by atoms with van der Waals surface area (Å²) in [5.74, 6) is -0.503. The van der Waals surface area contributed by atoms with Crippen molar-refractivity contribution in [2.24, 2.45) is 0 Å². The van der Waals surface area contributed by atoms with Crippen molar-refractivity contribution in [2.75, 3.05) is 20.7 Å². The summed E-state index contributed by atoms with van der Waals surface area (Å²) in [6, 6.07) is 2.43. The van der Waals surface area contributed by atoms with Gasteiger partial charge in [-0.3, -0.25) is 14.9 Å². The fraction of sp³-hybridized carbons (Fsp3) is 0.300. The highest BCUT2D eigenvalue weighted by molar-refractivity contribution is 6.36. The standard InChI is InChI=1S/C10H10Cl2N2O4/c1-13(2)9(15)5-18-10-7(12)3-6(11)4-8(10)14(16)17/h3-4H,5H2,1-2H3. The first-order valence-corrected chi connectivity index (χ1v) is 5.55. The summed E-state index contributed by atoms with van der Waals surface area (Å²) >= 11 is 11.5. The third-order valence-electron chi connectivity index (χ3n) is 2.02. The smallest absolute Gasteiger partial charge is 0.314 e. The molecule has 8 heteroatoms. The van der Waals surface area contributed by atoms with Gasteiger partial charge < -0.3 is 9.64 Å². The fourth-order valence-corrected chi connectivity index (χ4v) is 1.63. The first-order valence-electron chi connectivity index (χ1n) is 4.79. The number of hydrogen-bond donors (Lipinski definition) is 0. The second kappa shape index (κ2) is 5.88. The highest BCUT2D eigenvalue weighted by Gasteiger charge is 2.21. The lowest BCUT2D eigenvalue weighted by Gasteiger charge is -2.12. The summed E-state index contributed by atoms with van der Waals surface area (Å²) in [4.78, 5) is 22.8. The zero-order chi connectivity index (χ0) is 13.9. The summed E-state index contributed by atoms with van der Waals surface area (Å²) < 4.78 is 5.08. The van der Waals surface area contributed by atoms with Gasteiger partial charge in [-0.1, -0.05) is 23.2 Å². The molecule has 0 aromatic heterocycles. The summed E-state index contributed by atoms with van der Waals surface area (Å²) in [5, 5.41) is 10.9. The molecule has 0 fully saturated rings. The van der Waals surface area contributed by atoms with E-state index in [9.17, 15) is 14.9 Å². The molecule has 1 rings (SSSR count). The Labute approximate surface area is 113 Å². The number of likely N-dealkylation sites (N-methyl/N-ethyl adjacent to an activating group) is 1. The van der Waals surface area contributed by atoms with Gasteiger partial charge in [0.15, 0.2) is 6.61 Å². The Morgan fingerprint density at radius 2 is 2.06 bits per heavy atom. The molecule has 6 nitrogen and oxygen atoms in total. The van der Waals surface area contributed by atoms with Crippen LogP contribution in [0.5, 0.6) is 5.75 Å². The van der Waals surface area contributed by atoms with Gasteiger partial charge in [-0.25, -0.2) is 0 Å². The van der Waals surface area contributed by atoms with Gasteiger partial charge in [0.2, 0.25) is 5.75 Å². The van der Waals surface area contributed by atoms with Crippen molar-refractivity contribution < 1.29 is 14.5 Å². The number of nitro benzene ring substituents is 1. The third kappa shape index (κ3) is 3.48. The molecule has 0 heterocycles. The number of halogens is 2. The Bertz CT molecular complexity index is 491. The second-order valence-corrected chi connectivity index (χ2v) is 4.41. The Morgan fingerprint density at radius 1 is 1.44 bits per heavy atom. The number of benzene rings is 1. The van der Waals surface area contributed by atoms with Gasteiger partial charge >= 0.3 is 5.69 Å². The number of nitro groups is 1. The molecule has 1 aromatic rings. The van der Waals surface area contributed by atoms with E-state index in [-0.39, 0.29) is 34.0 Å². The molecule has 0 aliphatic heterocycles. The van der Waals surface area contributed by atoms with Crippen LogP contribution in [0.2, 0.25) is 10.0 Å². The molecule has 0 spiro atoms. The van der Waals surface area contributed by atoms with E-state index in [4.69, 9.17) is 27.9 Å². The Hall–Kier alpha value is -1.53. The SMILES string of the molecule is CN(C)C(=O)COc1c(Cl)cc(Cl)cc1[N+](=O)[O-]. The normalized spacial score (nSPS) is 10.0. The van der Waals surface area contributed by atoms with Gasteiger partial charge in [0, 0.05) is 25.2 Å². The zero-order valence-electron chi connectivity index (χ0n) is 9.65. The van der Waals surface area contributed by atoms with Crippen molar-refractivity contribution in [3.63, 3.8) is 0 Å². The molecule has 0 N–H and O–H groups in total. The minimum atomic E-state index is -0.673. The minimum Gasteiger partial charge on any atom is -0.476 e. The van der Waals surface area contributed by atoms with Crippen LogP contribution in [0.4, 0.5) is 5.69 Å². The van der Waals surface area contributed by atoms with Crippen molar-refractivity contribution >= 4 is 34.8 Å². The topological polar surface area (TPSA) is 72.7 Å². The van der Waals surface area contributed by atoms with Gasteiger partial charge in [0.05, 0.1) is 9.95 Å². The summed E-state index contributed by atoms with van der Waals surface area (Å²) in [6.07, 6.45) is 0. The lowest BCUT2D eigenvalue weighted by Crippen LogP contribution is -2.27. The van der Waals surface area contributed by atoms with Crippen molar-refractivity contribution in [1.29, 1.82) is 0 Å². The molecule has 1 amide bonds. The molecule has 0 radical (unpaired) electrons. The predicted octanol–water partition coefficient (Wildman–Crippen LogP) is 2.37. The van der Waals surface area contributed by atoms with Crippen LogP contribution < -0.4 is 4.74 Å². The molecule has 18 heavy (non-hydrogen) atoms.